The van der Waals surface area contributed by atoms with Crippen LogP contribution in [0, 0.1) is 5.82 Å². The molecule has 5 aromatic rings. The van der Waals surface area contributed by atoms with E-state index in [0.717, 1.165) is 11.3 Å². The molecule has 0 spiro atoms. The highest BCUT2D eigenvalue weighted by molar-refractivity contribution is 6.17. The van der Waals surface area contributed by atoms with Crippen LogP contribution in [0.15, 0.2) is 42.7 Å². The Bertz CT molecular complexity index is 1500. The van der Waals surface area contributed by atoms with Crippen LogP contribution in [0.1, 0.15) is 5.56 Å². The zero-order valence-corrected chi connectivity index (χ0v) is 16.0. The summed E-state index contributed by atoms with van der Waals surface area (Å²) >= 11 is 0. The van der Waals surface area contributed by atoms with Gasteiger partial charge in [0.2, 0.25) is 5.95 Å². The minimum atomic E-state index is -0.386. The minimum Gasteiger partial charge on any atom is -0.421 e. The second-order valence-electron chi connectivity index (χ2n) is 7.16. The summed E-state index contributed by atoms with van der Waals surface area (Å²) in [4.78, 5) is 20.2. The lowest BCUT2D eigenvalue weighted by Crippen LogP contribution is -2.07. The largest absolute Gasteiger partial charge is 0.421 e. The topological polar surface area (TPSA) is 141 Å². The number of rotatable bonds is 2. The number of H-pyrrole nitrogens is 1. The SMILES string of the molecule is Nc1ncc(Oc2nc3c4c(n2)[nH]c2c(N)cc(F)c(c24)CNc2ccccc2-3)cn1. The second-order valence-corrected chi connectivity index (χ2v) is 7.16. The number of aromatic amines is 1. The molecule has 0 saturated carbocycles. The molecule has 0 atom stereocenters. The van der Waals surface area contributed by atoms with E-state index in [9.17, 15) is 4.39 Å². The molecule has 1 aliphatic heterocycles. The first kappa shape index (κ1) is 17.4. The van der Waals surface area contributed by atoms with Crippen molar-refractivity contribution in [3.63, 3.8) is 0 Å². The molecule has 0 bridgehead atoms. The van der Waals surface area contributed by atoms with Gasteiger partial charge in [-0.15, -0.1) is 0 Å². The van der Waals surface area contributed by atoms with E-state index in [1.807, 2.05) is 24.3 Å². The molecule has 0 saturated heterocycles. The third-order valence-corrected chi connectivity index (χ3v) is 5.29. The van der Waals surface area contributed by atoms with E-state index in [4.69, 9.17) is 16.2 Å². The average molecular weight is 414 g/mol. The predicted octanol–water partition coefficient (Wildman–Crippen LogP) is 3.59. The van der Waals surface area contributed by atoms with E-state index < -0.39 is 0 Å². The number of halogens is 1. The summed E-state index contributed by atoms with van der Waals surface area (Å²) in [5, 5.41) is 4.65. The molecule has 0 aliphatic carbocycles. The van der Waals surface area contributed by atoms with Crippen molar-refractivity contribution in [1.82, 2.24) is 24.9 Å². The van der Waals surface area contributed by atoms with Crippen molar-refractivity contribution >= 4 is 39.3 Å². The number of para-hydroxylation sites is 1. The van der Waals surface area contributed by atoms with E-state index in [0.29, 0.717) is 51.2 Å². The lowest BCUT2D eigenvalue weighted by atomic mass is 9.98. The van der Waals surface area contributed by atoms with E-state index in [1.54, 1.807) is 0 Å². The Kier molecular flexibility index (Phi) is 3.51. The third-order valence-electron chi connectivity index (χ3n) is 5.29. The van der Waals surface area contributed by atoms with Gasteiger partial charge in [0.15, 0.2) is 5.75 Å². The smallest absolute Gasteiger partial charge is 0.324 e. The quantitative estimate of drug-likeness (QED) is 0.321. The van der Waals surface area contributed by atoms with Crippen molar-refractivity contribution in [2.45, 2.75) is 6.54 Å². The van der Waals surface area contributed by atoms with Crippen LogP contribution in [-0.4, -0.2) is 24.9 Å². The minimum absolute atomic E-state index is 0.0818. The lowest BCUT2D eigenvalue weighted by Gasteiger charge is -2.18. The molecule has 0 amide bonds. The van der Waals surface area contributed by atoms with Crippen molar-refractivity contribution in [1.29, 1.82) is 0 Å². The van der Waals surface area contributed by atoms with Crippen LogP contribution in [0.25, 0.3) is 33.2 Å². The molecule has 0 radical (unpaired) electrons. The van der Waals surface area contributed by atoms with Gasteiger partial charge < -0.3 is 26.5 Å². The van der Waals surface area contributed by atoms with Gasteiger partial charge >= 0.3 is 6.01 Å². The molecule has 6 N–H and O–H groups in total. The van der Waals surface area contributed by atoms with Gasteiger partial charge in [-0.2, -0.15) is 9.97 Å². The zero-order chi connectivity index (χ0) is 21.1. The maximum atomic E-state index is 14.9. The molecule has 2 aromatic carbocycles. The molecule has 9 nitrogen and oxygen atoms in total. The van der Waals surface area contributed by atoms with E-state index >= 15 is 0 Å². The maximum Gasteiger partial charge on any atom is 0.324 e. The van der Waals surface area contributed by atoms with Gasteiger partial charge in [0.1, 0.15) is 11.5 Å². The Morgan fingerprint density at radius 2 is 1.84 bits per heavy atom. The average Bonchev–Trinajstić information content (AvgIpc) is 3.14. The normalized spacial score (nSPS) is 12.4. The summed E-state index contributed by atoms with van der Waals surface area (Å²) < 4.78 is 20.7. The van der Waals surface area contributed by atoms with Gasteiger partial charge in [0, 0.05) is 28.7 Å². The first-order chi connectivity index (χ1) is 15.1. The van der Waals surface area contributed by atoms with E-state index in [1.165, 1.54) is 18.5 Å². The van der Waals surface area contributed by atoms with Crippen LogP contribution in [0.5, 0.6) is 11.8 Å². The maximum absolute atomic E-state index is 14.9. The summed E-state index contributed by atoms with van der Waals surface area (Å²) in [6.45, 7) is 0.299. The first-order valence-electron chi connectivity index (χ1n) is 9.47. The summed E-state index contributed by atoms with van der Waals surface area (Å²) in [6.07, 6.45) is 2.87. The molecule has 6 rings (SSSR count). The number of anilines is 3. The molecule has 3 aromatic heterocycles. The molecule has 10 heteroatoms. The fourth-order valence-corrected chi connectivity index (χ4v) is 3.93. The fourth-order valence-electron chi connectivity index (χ4n) is 3.93. The molecule has 0 unspecified atom stereocenters. The molecule has 152 valence electrons. The number of aromatic nitrogens is 5. The standard InChI is InChI=1S/C21H15FN8O/c22-12-5-13(23)18-15-11(12)8-25-14-4-2-1-3-10(14)17-16(15)19(28-18)30-21(29-17)31-9-6-26-20(24)27-7-9/h1-7,25H,8,23H2,(H2,24,26,27)(H,28,29,30). The number of hydrogen-bond donors (Lipinski definition) is 4. The van der Waals surface area contributed by atoms with E-state index in [2.05, 4.69) is 30.2 Å². The number of fused-ring (bicyclic) bond motifs is 2. The molecule has 4 heterocycles. The lowest BCUT2D eigenvalue weighted by molar-refractivity contribution is 0.440. The predicted molar refractivity (Wildman–Crippen MR) is 115 cm³/mol. The number of nitrogen functional groups attached to an aromatic ring is 2. The van der Waals surface area contributed by atoms with Crippen LogP contribution >= 0.6 is 0 Å². The Labute approximate surface area is 174 Å². The summed E-state index contributed by atoms with van der Waals surface area (Å²) in [6, 6.07) is 9.07. The Morgan fingerprint density at radius 1 is 1.03 bits per heavy atom. The van der Waals surface area contributed by atoms with Gasteiger partial charge in [-0.1, -0.05) is 18.2 Å². The number of nitrogens with one attached hydrogen (secondary N) is 2. The van der Waals surface area contributed by atoms with Crippen LogP contribution in [0.4, 0.5) is 21.7 Å². The highest BCUT2D eigenvalue weighted by Gasteiger charge is 2.25. The summed E-state index contributed by atoms with van der Waals surface area (Å²) in [5.74, 6) is 0.0793. The van der Waals surface area contributed by atoms with Crippen molar-refractivity contribution in [3.05, 3.63) is 54.1 Å². The van der Waals surface area contributed by atoms with Crippen molar-refractivity contribution in [2.75, 3.05) is 16.8 Å². The van der Waals surface area contributed by atoms with Crippen LogP contribution in [0.3, 0.4) is 0 Å². The number of benzene rings is 2. The number of ether oxygens (including phenoxy) is 1. The fraction of sp³-hybridized carbons (Fsp3) is 0.0476. The Balaban J connectivity index is 1.69. The van der Waals surface area contributed by atoms with Crippen molar-refractivity contribution < 1.29 is 9.13 Å². The Hall–Kier alpha value is -4.47. The molecular weight excluding hydrogens is 399 g/mol. The van der Waals surface area contributed by atoms with Gasteiger partial charge in [0.05, 0.1) is 34.7 Å². The summed E-state index contributed by atoms with van der Waals surface area (Å²) in [5.41, 5.74) is 15.8. The molecular formula is C21H15FN8O. The molecule has 31 heavy (non-hydrogen) atoms. The van der Waals surface area contributed by atoms with E-state index in [-0.39, 0.29) is 17.8 Å². The van der Waals surface area contributed by atoms with Gasteiger partial charge in [-0.25, -0.2) is 14.4 Å². The van der Waals surface area contributed by atoms with Crippen molar-refractivity contribution in [3.8, 4) is 23.0 Å². The number of nitrogens with zero attached hydrogens (tertiary/aromatic N) is 4. The Morgan fingerprint density at radius 3 is 2.68 bits per heavy atom. The summed E-state index contributed by atoms with van der Waals surface area (Å²) in [7, 11) is 0. The monoisotopic (exact) mass is 414 g/mol. The molecule has 0 fully saturated rings. The van der Waals surface area contributed by atoms with Crippen LogP contribution in [0.2, 0.25) is 0 Å². The highest BCUT2D eigenvalue weighted by Crippen LogP contribution is 2.42. The number of nitrogens with two attached hydrogens (primary N) is 2. The zero-order valence-electron chi connectivity index (χ0n) is 16.0. The van der Waals surface area contributed by atoms with Gasteiger partial charge in [0.25, 0.3) is 0 Å². The van der Waals surface area contributed by atoms with Crippen LogP contribution in [-0.2, 0) is 6.54 Å². The van der Waals surface area contributed by atoms with Gasteiger partial charge in [-0.3, -0.25) is 0 Å². The van der Waals surface area contributed by atoms with Crippen LogP contribution < -0.4 is 21.5 Å². The second kappa shape index (κ2) is 6.26. The highest BCUT2D eigenvalue weighted by atomic mass is 19.1. The number of hydrogen-bond acceptors (Lipinski definition) is 8. The van der Waals surface area contributed by atoms with Gasteiger partial charge in [-0.05, 0) is 12.1 Å². The third kappa shape index (κ3) is 2.61. The first-order valence-corrected chi connectivity index (χ1v) is 9.47. The van der Waals surface area contributed by atoms with Crippen molar-refractivity contribution in [2.24, 2.45) is 0 Å². The molecule has 1 aliphatic rings.